The fraction of sp³-hybridized carbons (Fsp3) is 0.214. The highest BCUT2D eigenvalue weighted by atomic mass is 127. The van der Waals surface area contributed by atoms with E-state index in [0.29, 0.717) is 10.0 Å². The third-order valence-electron chi connectivity index (χ3n) is 2.87. The first-order chi connectivity index (χ1) is 9.10. The second kappa shape index (κ2) is 6.88. The zero-order valence-corrected chi connectivity index (χ0v) is 14.0. The molecule has 0 radical (unpaired) electrons. The van der Waals surface area contributed by atoms with Gasteiger partial charge >= 0.3 is 0 Å². The van der Waals surface area contributed by atoms with Crippen LogP contribution in [-0.2, 0) is 6.42 Å². The Kier molecular flexibility index (Phi) is 5.45. The summed E-state index contributed by atoms with van der Waals surface area (Å²) in [7, 11) is 1.91. The Balaban J connectivity index is 2.22. The predicted molar refractivity (Wildman–Crippen MR) is 88.9 cm³/mol. The molecule has 0 saturated carbocycles. The van der Waals surface area contributed by atoms with E-state index in [1.165, 1.54) is 9.13 Å². The van der Waals surface area contributed by atoms with Gasteiger partial charge in [0.05, 0.1) is 21.8 Å². The van der Waals surface area contributed by atoms with Gasteiger partial charge in [-0.2, -0.15) is 0 Å². The molecule has 2 rings (SSSR count). The topological polar surface area (TPSA) is 24.9 Å². The van der Waals surface area contributed by atoms with Crippen LogP contribution in [0.3, 0.4) is 0 Å². The van der Waals surface area contributed by atoms with Crippen molar-refractivity contribution in [1.82, 2.24) is 10.3 Å². The first-order valence-corrected chi connectivity index (χ1v) is 7.66. The standard InChI is InChI=1S/C14H13Cl2IN2/c1-18-13(6-9-2-4-11(17)5-3-9)14-12(16)7-10(15)8-19-14/h2-5,7-8,13,18H,6H2,1H3. The van der Waals surface area contributed by atoms with Crippen molar-refractivity contribution < 1.29 is 0 Å². The normalized spacial score (nSPS) is 12.4. The van der Waals surface area contributed by atoms with E-state index < -0.39 is 0 Å². The number of hydrogen-bond acceptors (Lipinski definition) is 2. The molecule has 1 aromatic carbocycles. The highest BCUT2D eigenvalue weighted by molar-refractivity contribution is 14.1. The lowest BCUT2D eigenvalue weighted by Crippen LogP contribution is -2.20. The van der Waals surface area contributed by atoms with Crippen molar-refractivity contribution in [2.24, 2.45) is 0 Å². The van der Waals surface area contributed by atoms with E-state index in [-0.39, 0.29) is 6.04 Å². The molecule has 100 valence electrons. The number of aromatic nitrogens is 1. The summed E-state index contributed by atoms with van der Waals surface area (Å²) >= 11 is 14.4. The summed E-state index contributed by atoms with van der Waals surface area (Å²) in [6, 6.07) is 10.2. The van der Waals surface area contributed by atoms with E-state index in [0.717, 1.165) is 12.1 Å². The molecule has 1 unspecified atom stereocenters. The molecule has 0 aliphatic carbocycles. The summed E-state index contributed by atoms with van der Waals surface area (Å²) in [6.45, 7) is 0. The highest BCUT2D eigenvalue weighted by Crippen LogP contribution is 2.26. The number of likely N-dealkylation sites (N-methyl/N-ethyl adjacent to an activating group) is 1. The van der Waals surface area contributed by atoms with Crippen LogP contribution >= 0.6 is 45.8 Å². The predicted octanol–water partition coefficient (Wildman–Crippen LogP) is 4.50. The second-order valence-electron chi connectivity index (χ2n) is 4.19. The summed E-state index contributed by atoms with van der Waals surface area (Å²) in [4.78, 5) is 4.33. The van der Waals surface area contributed by atoms with Crippen molar-refractivity contribution in [2.45, 2.75) is 12.5 Å². The molecule has 1 N–H and O–H groups in total. The van der Waals surface area contributed by atoms with Gasteiger partial charge < -0.3 is 5.32 Å². The van der Waals surface area contributed by atoms with Crippen molar-refractivity contribution in [3.8, 4) is 0 Å². The van der Waals surface area contributed by atoms with Gasteiger partial charge in [0.15, 0.2) is 0 Å². The second-order valence-corrected chi connectivity index (χ2v) is 6.28. The Morgan fingerprint density at radius 1 is 1.26 bits per heavy atom. The van der Waals surface area contributed by atoms with Crippen LogP contribution in [0.4, 0.5) is 0 Å². The zero-order valence-electron chi connectivity index (χ0n) is 10.3. The van der Waals surface area contributed by atoms with Crippen molar-refractivity contribution in [1.29, 1.82) is 0 Å². The van der Waals surface area contributed by atoms with Crippen LogP contribution in [0.2, 0.25) is 10.0 Å². The summed E-state index contributed by atoms with van der Waals surface area (Å²) in [6.07, 6.45) is 2.46. The highest BCUT2D eigenvalue weighted by Gasteiger charge is 2.15. The Hall–Kier alpha value is -0.360. The monoisotopic (exact) mass is 406 g/mol. The average Bonchev–Trinajstić information content (AvgIpc) is 2.39. The van der Waals surface area contributed by atoms with E-state index in [1.54, 1.807) is 12.3 Å². The van der Waals surface area contributed by atoms with Crippen LogP contribution in [0.5, 0.6) is 0 Å². The Morgan fingerprint density at radius 2 is 1.95 bits per heavy atom. The smallest absolute Gasteiger partial charge is 0.0763 e. The van der Waals surface area contributed by atoms with Crippen LogP contribution in [-0.4, -0.2) is 12.0 Å². The summed E-state index contributed by atoms with van der Waals surface area (Å²) in [5.74, 6) is 0. The minimum Gasteiger partial charge on any atom is -0.311 e. The Bertz CT molecular complexity index is 558. The first kappa shape index (κ1) is 15.0. The maximum Gasteiger partial charge on any atom is 0.0763 e. The van der Waals surface area contributed by atoms with Gasteiger partial charge in [-0.25, -0.2) is 0 Å². The van der Waals surface area contributed by atoms with E-state index in [1.807, 2.05) is 7.05 Å². The molecule has 0 aliphatic rings. The van der Waals surface area contributed by atoms with Gasteiger partial charge in [-0.3, -0.25) is 4.98 Å². The molecule has 1 aromatic heterocycles. The van der Waals surface area contributed by atoms with Gasteiger partial charge in [0.25, 0.3) is 0 Å². The van der Waals surface area contributed by atoms with Gasteiger partial charge in [0, 0.05) is 9.77 Å². The zero-order chi connectivity index (χ0) is 13.8. The molecule has 1 heterocycles. The third kappa shape index (κ3) is 4.05. The molecule has 0 fully saturated rings. The van der Waals surface area contributed by atoms with Crippen molar-refractivity contribution >= 4 is 45.8 Å². The first-order valence-electron chi connectivity index (χ1n) is 5.83. The van der Waals surface area contributed by atoms with Crippen LogP contribution in [0.1, 0.15) is 17.3 Å². The van der Waals surface area contributed by atoms with Crippen molar-refractivity contribution in [2.75, 3.05) is 7.05 Å². The molecule has 0 bridgehead atoms. The van der Waals surface area contributed by atoms with Gasteiger partial charge in [-0.1, -0.05) is 35.3 Å². The molecule has 0 spiro atoms. The average molecular weight is 407 g/mol. The van der Waals surface area contributed by atoms with Crippen molar-refractivity contribution in [3.05, 3.63) is 61.4 Å². The number of halogens is 3. The van der Waals surface area contributed by atoms with Gasteiger partial charge in [0.1, 0.15) is 0 Å². The van der Waals surface area contributed by atoms with Gasteiger partial charge in [0.2, 0.25) is 0 Å². The molecule has 2 nitrogen and oxygen atoms in total. The lowest BCUT2D eigenvalue weighted by molar-refractivity contribution is 0.576. The molecular weight excluding hydrogens is 394 g/mol. The van der Waals surface area contributed by atoms with E-state index in [9.17, 15) is 0 Å². The number of hydrogen-bond donors (Lipinski definition) is 1. The molecule has 5 heteroatoms. The van der Waals surface area contributed by atoms with Crippen LogP contribution in [0.25, 0.3) is 0 Å². The van der Waals surface area contributed by atoms with Gasteiger partial charge in [-0.15, -0.1) is 0 Å². The summed E-state index contributed by atoms with van der Waals surface area (Å²) in [5, 5.41) is 4.40. The minimum absolute atomic E-state index is 0.0739. The van der Waals surface area contributed by atoms with E-state index >= 15 is 0 Å². The fourth-order valence-electron chi connectivity index (χ4n) is 1.87. The minimum atomic E-state index is 0.0739. The van der Waals surface area contributed by atoms with Crippen LogP contribution in [0, 0.1) is 3.57 Å². The maximum atomic E-state index is 6.21. The summed E-state index contributed by atoms with van der Waals surface area (Å²) < 4.78 is 1.23. The van der Waals surface area contributed by atoms with E-state index in [2.05, 4.69) is 57.2 Å². The SMILES string of the molecule is CNC(Cc1ccc(I)cc1)c1ncc(Cl)cc1Cl. The third-order valence-corrected chi connectivity index (χ3v) is 4.10. The molecule has 0 amide bonds. The number of benzene rings is 1. The molecule has 1 atom stereocenters. The fourth-order valence-corrected chi connectivity index (χ4v) is 2.74. The van der Waals surface area contributed by atoms with Gasteiger partial charge in [-0.05, 0) is 59.8 Å². The number of nitrogens with zero attached hydrogens (tertiary/aromatic N) is 1. The number of rotatable bonds is 4. The molecule has 2 aromatic rings. The van der Waals surface area contributed by atoms with Crippen LogP contribution < -0.4 is 5.32 Å². The molecule has 19 heavy (non-hydrogen) atoms. The summed E-state index contributed by atoms with van der Waals surface area (Å²) in [5.41, 5.74) is 2.07. The van der Waals surface area contributed by atoms with Crippen LogP contribution in [0.15, 0.2) is 36.5 Å². The quantitative estimate of drug-likeness (QED) is 0.756. The molecular formula is C14H13Cl2IN2. The number of pyridine rings is 1. The lowest BCUT2D eigenvalue weighted by Gasteiger charge is -2.17. The lowest BCUT2D eigenvalue weighted by atomic mass is 10.0. The Labute approximate surface area is 136 Å². The largest absolute Gasteiger partial charge is 0.311 e. The maximum absolute atomic E-state index is 6.21. The Morgan fingerprint density at radius 3 is 2.53 bits per heavy atom. The number of nitrogens with one attached hydrogen (secondary N) is 1. The van der Waals surface area contributed by atoms with Crippen molar-refractivity contribution in [3.63, 3.8) is 0 Å². The molecule has 0 saturated heterocycles. The molecule has 0 aliphatic heterocycles. The van der Waals surface area contributed by atoms with E-state index in [4.69, 9.17) is 23.2 Å².